The summed E-state index contributed by atoms with van der Waals surface area (Å²) in [7, 11) is 0. The molecule has 0 radical (unpaired) electrons. The minimum atomic E-state index is -4.11. The van der Waals surface area contributed by atoms with Crippen LogP contribution in [0.3, 0.4) is 0 Å². The predicted molar refractivity (Wildman–Crippen MR) is 130 cm³/mol. The molecule has 5 heteroatoms. The quantitative estimate of drug-likeness (QED) is 0.271. The zero-order valence-electron chi connectivity index (χ0n) is 20.0. The molecular weight excluding hydrogens is 433 g/mol. The maximum atomic E-state index is 12.6. The summed E-state index contributed by atoms with van der Waals surface area (Å²) in [5.41, 5.74) is 6.31. The van der Waals surface area contributed by atoms with E-state index < -0.39 is 12.6 Å². The van der Waals surface area contributed by atoms with Gasteiger partial charge in [0.25, 0.3) is 0 Å². The van der Waals surface area contributed by atoms with E-state index >= 15 is 0 Å². The van der Waals surface area contributed by atoms with E-state index in [9.17, 15) is 13.2 Å². The predicted octanol–water partition coefficient (Wildman–Crippen LogP) is 7.02. The van der Waals surface area contributed by atoms with Gasteiger partial charge in [-0.3, -0.25) is 0 Å². The number of fused-ring (bicyclic) bond motifs is 7. The molecule has 0 amide bonds. The van der Waals surface area contributed by atoms with E-state index in [1.54, 1.807) is 0 Å². The average molecular weight is 465 g/mol. The van der Waals surface area contributed by atoms with E-state index in [1.165, 1.54) is 38.5 Å². The maximum Gasteiger partial charge on any atom is 0.389 e. The molecule has 0 saturated heterocycles. The Morgan fingerprint density at radius 2 is 1.68 bits per heavy atom. The highest BCUT2D eigenvalue weighted by Gasteiger charge is 2.41. The van der Waals surface area contributed by atoms with Gasteiger partial charge in [-0.2, -0.15) is 17.7 Å². The molecule has 0 fully saturated rings. The van der Waals surface area contributed by atoms with Gasteiger partial charge >= 0.3 is 6.18 Å². The minimum absolute atomic E-state index is 0.0886. The van der Waals surface area contributed by atoms with E-state index in [2.05, 4.69) is 74.0 Å². The lowest BCUT2D eigenvalue weighted by molar-refractivity contribution is -0.696. The van der Waals surface area contributed by atoms with Gasteiger partial charge in [0.2, 0.25) is 5.52 Å². The molecule has 0 saturated carbocycles. The Morgan fingerprint density at radius 1 is 0.882 bits per heavy atom. The van der Waals surface area contributed by atoms with Crippen LogP contribution in [0.1, 0.15) is 57.6 Å². The second-order valence-corrected chi connectivity index (χ2v) is 10.00. The van der Waals surface area contributed by atoms with Crippen molar-refractivity contribution in [2.24, 2.45) is 0 Å². The number of nitrogens with zero attached hydrogens (tertiary/aromatic N) is 2. The first-order valence-corrected chi connectivity index (χ1v) is 12.2. The second kappa shape index (κ2) is 8.37. The van der Waals surface area contributed by atoms with Crippen LogP contribution >= 0.6 is 0 Å². The van der Waals surface area contributed by atoms with Crippen LogP contribution in [0.2, 0.25) is 0 Å². The van der Waals surface area contributed by atoms with Crippen LogP contribution in [0.15, 0.2) is 61.1 Å². The van der Waals surface area contributed by atoms with Crippen LogP contribution < -0.4 is 9.13 Å². The Bertz CT molecular complexity index is 1390. The van der Waals surface area contributed by atoms with Crippen molar-refractivity contribution in [3.8, 4) is 11.1 Å². The van der Waals surface area contributed by atoms with Gasteiger partial charge in [-0.15, -0.1) is 0 Å². The lowest BCUT2D eigenvalue weighted by atomic mass is 9.81. The molecule has 1 aliphatic carbocycles. The Hall–Kier alpha value is -2.95. The monoisotopic (exact) mass is 464 g/mol. The van der Waals surface area contributed by atoms with Crippen molar-refractivity contribution in [3.05, 3.63) is 72.2 Å². The highest BCUT2D eigenvalue weighted by atomic mass is 19.4. The van der Waals surface area contributed by atoms with Gasteiger partial charge in [0, 0.05) is 53.3 Å². The number of aromatic nitrogens is 2. The third-order valence-electron chi connectivity index (χ3n) is 7.25. The van der Waals surface area contributed by atoms with Gasteiger partial charge in [-0.1, -0.05) is 45.4 Å². The molecule has 34 heavy (non-hydrogen) atoms. The van der Waals surface area contributed by atoms with Gasteiger partial charge < -0.3 is 0 Å². The van der Waals surface area contributed by atoms with Crippen LogP contribution in [0.25, 0.3) is 32.8 Å². The van der Waals surface area contributed by atoms with Crippen LogP contribution in [0.5, 0.6) is 0 Å². The molecule has 5 rings (SSSR count). The van der Waals surface area contributed by atoms with Crippen molar-refractivity contribution in [2.75, 3.05) is 0 Å². The van der Waals surface area contributed by atoms with Crippen molar-refractivity contribution >= 4 is 21.7 Å². The molecule has 176 valence electrons. The fraction of sp³-hybridized carbons (Fsp3) is 0.379. The van der Waals surface area contributed by atoms with E-state index in [0.29, 0.717) is 6.54 Å². The maximum absolute atomic E-state index is 12.6. The number of halogens is 3. The zero-order chi connectivity index (χ0) is 24.1. The van der Waals surface area contributed by atoms with Gasteiger partial charge in [-0.25, -0.2) is 4.57 Å². The topological polar surface area (TPSA) is 7.76 Å². The first-order chi connectivity index (χ1) is 16.2. The molecule has 2 aromatic carbocycles. The third kappa shape index (κ3) is 3.85. The van der Waals surface area contributed by atoms with Crippen molar-refractivity contribution in [1.82, 2.24) is 0 Å². The summed E-state index contributed by atoms with van der Waals surface area (Å²) in [6.45, 7) is 8.16. The minimum Gasteiger partial charge on any atom is -0.204 e. The zero-order valence-corrected chi connectivity index (χ0v) is 20.0. The largest absolute Gasteiger partial charge is 0.389 e. The Balaban J connectivity index is 1.63. The number of alkyl halides is 3. The van der Waals surface area contributed by atoms with Crippen LogP contribution in [0, 0.1) is 0 Å². The first kappa shape index (κ1) is 22.8. The molecule has 0 atom stereocenters. The molecule has 0 unspecified atom stereocenters. The molecule has 4 aromatic rings. The van der Waals surface area contributed by atoms with Gasteiger partial charge in [0.15, 0.2) is 18.6 Å². The molecule has 2 aromatic heterocycles. The molecule has 0 spiro atoms. The smallest absolute Gasteiger partial charge is 0.204 e. The molecule has 0 N–H and O–H groups in total. The van der Waals surface area contributed by atoms with E-state index in [4.69, 9.17) is 0 Å². The first-order valence-electron chi connectivity index (χ1n) is 12.2. The second-order valence-electron chi connectivity index (χ2n) is 10.00. The Morgan fingerprint density at radius 3 is 2.44 bits per heavy atom. The SMILES string of the molecule is CCCC[n+]1cc2c(c3ccccc31)-c1ccc3c[n+](CCCC(F)(F)F)ccc3c1C2(C)C. The number of pyridine rings is 2. The molecule has 0 bridgehead atoms. The molecule has 2 nitrogen and oxygen atoms in total. The standard InChI is InChI=1S/C29H31F3N2/c1-4-5-16-34-19-24-26(22-9-6-7-10-25(22)34)23-12-11-20-18-33(15-8-14-29(30,31)32)17-13-21(20)27(23)28(24,2)3/h6-7,9-13,17-19H,4-5,8,14-16H2,1-3H3/q+2. The van der Waals surface area contributed by atoms with E-state index in [-0.39, 0.29) is 11.8 Å². The summed E-state index contributed by atoms with van der Waals surface area (Å²) in [5, 5.41) is 3.52. The highest BCUT2D eigenvalue weighted by molar-refractivity contribution is 6.04. The molecular formula is C29H31F3N2+2. The normalized spacial score (nSPS) is 14.5. The fourth-order valence-corrected chi connectivity index (χ4v) is 5.59. The van der Waals surface area contributed by atoms with Crippen LogP contribution in [0.4, 0.5) is 13.2 Å². The summed E-state index contributed by atoms with van der Waals surface area (Å²) >= 11 is 0. The summed E-state index contributed by atoms with van der Waals surface area (Å²) in [6.07, 6.45) is 3.78. The lowest BCUT2D eigenvalue weighted by Crippen LogP contribution is -2.36. The summed E-state index contributed by atoms with van der Waals surface area (Å²) in [5.74, 6) is 0. The van der Waals surface area contributed by atoms with Crippen molar-refractivity contribution in [3.63, 3.8) is 0 Å². The Kier molecular flexibility index (Phi) is 5.62. The lowest BCUT2D eigenvalue weighted by Gasteiger charge is -2.22. The molecule has 1 aliphatic rings. The molecule has 0 aliphatic heterocycles. The number of rotatable bonds is 6. The number of benzene rings is 2. The van der Waals surface area contributed by atoms with Crippen LogP contribution in [-0.4, -0.2) is 6.18 Å². The number of para-hydroxylation sites is 1. The van der Waals surface area contributed by atoms with Crippen molar-refractivity contribution < 1.29 is 22.3 Å². The van der Waals surface area contributed by atoms with Gasteiger partial charge in [-0.05, 0) is 28.6 Å². The summed E-state index contributed by atoms with van der Waals surface area (Å²) < 4.78 is 42.0. The Labute approximate surface area is 198 Å². The van der Waals surface area contributed by atoms with Gasteiger partial charge in [0.05, 0.1) is 5.39 Å². The van der Waals surface area contributed by atoms with E-state index in [0.717, 1.165) is 24.8 Å². The summed E-state index contributed by atoms with van der Waals surface area (Å²) in [4.78, 5) is 0. The number of unbranched alkanes of at least 4 members (excludes halogenated alkanes) is 1. The van der Waals surface area contributed by atoms with Crippen molar-refractivity contribution in [1.29, 1.82) is 0 Å². The fourth-order valence-electron chi connectivity index (χ4n) is 5.59. The summed E-state index contributed by atoms with van der Waals surface area (Å²) in [6, 6.07) is 15.1. The van der Waals surface area contributed by atoms with Crippen LogP contribution in [-0.2, 0) is 18.5 Å². The van der Waals surface area contributed by atoms with E-state index in [1.807, 2.05) is 17.0 Å². The number of aryl methyl sites for hydroxylation is 2. The van der Waals surface area contributed by atoms with Gasteiger partial charge in [0.1, 0.15) is 13.1 Å². The van der Waals surface area contributed by atoms with Crippen molar-refractivity contribution in [2.45, 2.75) is 71.1 Å². The molecule has 2 heterocycles. The highest BCUT2D eigenvalue weighted by Crippen LogP contribution is 2.52. The third-order valence-corrected chi connectivity index (χ3v) is 7.25. The number of hydrogen-bond donors (Lipinski definition) is 0. The average Bonchev–Trinajstić information content (AvgIpc) is 3.03. The number of hydrogen-bond acceptors (Lipinski definition) is 0.